The molecule has 2 heterocycles. The van der Waals surface area contributed by atoms with Crippen molar-refractivity contribution in [2.75, 3.05) is 7.11 Å². The number of methoxy groups -OCH3 is 1. The van der Waals surface area contributed by atoms with Crippen LogP contribution in [0.15, 0.2) is 76.2 Å². The Morgan fingerprint density at radius 3 is 2.41 bits per heavy atom. The van der Waals surface area contributed by atoms with Crippen molar-refractivity contribution < 1.29 is 18.7 Å². The minimum atomic E-state index is -0.666. The number of aromatic nitrogens is 1. The van der Waals surface area contributed by atoms with Crippen molar-refractivity contribution in [1.29, 1.82) is 0 Å². The molecule has 2 aromatic heterocycles. The maximum absolute atomic E-state index is 13.1. The fourth-order valence-corrected chi connectivity index (χ4v) is 2.95. The third kappa shape index (κ3) is 3.60. The second kappa shape index (κ2) is 7.59. The van der Waals surface area contributed by atoms with Crippen LogP contribution in [0.4, 0.5) is 0 Å². The number of hydrogen-bond acceptors (Lipinski definition) is 6. The number of fused-ring (bicyclic) bond motifs is 1. The minimum Gasteiger partial charge on any atom is -0.497 e. The fourth-order valence-electron chi connectivity index (χ4n) is 2.95. The van der Waals surface area contributed by atoms with Crippen molar-refractivity contribution >= 4 is 16.9 Å². The highest BCUT2D eigenvalue weighted by Gasteiger charge is 2.21. The van der Waals surface area contributed by atoms with E-state index >= 15 is 0 Å². The molecule has 6 nitrogen and oxygen atoms in total. The second-order valence-corrected chi connectivity index (χ2v) is 6.44. The number of hydrogen-bond donors (Lipinski definition) is 0. The number of benzene rings is 2. The number of esters is 1. The average molecular weight is 387 g/mol. The monoisotopic (exact) mass is 387 g/mol. The van der Waals surface area contributed by atoms with E-state index in [-0.39, 0.29) is 17.1 Å². The third-order valence-corrected chi connectivity index (χ3v) is 4.47. The summed E-state index contributed by atoms with van der Waals surface area (Å²) in [7, 11) is 1.57. The van der Waals surface area contributed by atoms with Crippen LogP contribution in [0, 0.1) is 6.92 Å². The first-order valence-corrected chi connectivity index (χ1v) is 8.91. The summed E-state index contributed by atoms with van der Waals surface area (Å²) in [6.45, 7) is 1.91. The van der Waals surface area contributed by atoms with Gasteiger partial charge >= 0.3 is 5.97 Å². The molecule has 0 aliphatic rings. The van der Waals surface area contributed by atoms with Crippen LogP contribution < -0.4 is 14.9 Å². The molecule has 144 valence electrons. The lowest BCUT2D eigenvalue weighted by Crippen LogP contribution is -2.16. The Morgan fingerprint density at radius 1 is 1.00 bits per heavy atom. The van der Waals surface area contributed by atoms with Crippen molar-refractivity contribution in [3.05, 3.63) is 88.3 Å². The number of pyridine rings is 1. The van der Waals surface area contributed by atoms with E-state index < -0.39 is 11.4 Å². The number of nitrogens with zero attached hydrogens (tertiary/aromatic N) is 1. The van der Waals surface area contributed by atoms with Crippen molar-refractivity contribution in [3.63, 3.8) is 0 Å². The standard InChI is InChI=1S/C23H17NO5/c1-14-3-8-18-19(13-14)28-21(15-4-6-17(27-2)7-5-15)22(20(18)25)29-23(26)16-9-11-24-12-10-16/h3-13H,1-2H3. The van der Waals surface area contributed by atoms with Gasteiger partial charge in [-0.3, -0.25) is 9.78 Å². The summed E-state index contributed by atoms with van der Waals surface area (Å²) in [6.07, 6.45) is 2.96. The first-order chi connectivity index (χ1) is 14.1. The predicted molar refractivity (Wildman–Crippen MR) is 108 cm³/mol. The largest absolute Gasteiger partial charge is 0.497 e. The van der Waals surface area contributed by atoms with E-state index in [0.717, 1.165) is 5.56 Å². The second-order valence-electron chi connectivity index (χ2n) is 6.44. The van der Waals surface area contributed by atoms with Gasteiger partial charge in [0.2, 0.25) is 11.2 Å². The molecule has 0 fully saturated rings. The Bertz CT molecular complexity index is 1240. The van der Waals surface area contributed by atoms with E-state index in [1.807, 2.05) is 6.92 Å². The molecule has 4 aromatic rings. The Labute approximate surface area is 166 Å². The Morgan fingerprint density at radius 2 is 1.72 bits per heavy atom. The number of carbonyl (C=O) groups is 1. The summed E-state index contributed by atoms with van der Waals surface area (Å²) in [6, 6.07) is 15.2. The highest BCUT2D eigenvalue weighted by atomic mass is 16.5. The third-order valence-electron chi connectivity index (χ3n) is 4.47. The molecular weight excluding hydrogens is 370 g/mol. The van der Waals surface area contributed by atoms with Gasteiger partial charge in [-0.1, -0.05) is 6.07 Å². The predicted octanol–water partition coefficient (Wildman–Crippen LogP) is 4.39. The number of ether oxygens (including phenoxy) is 2. The molecule has 0 spiro atoms. The molecule has 6 heteroatoms. The van der Waals surface area contributed by atoms with E-state index in [4.69, 9.17) is 13.9 Å². The zero-order valence-corrected chi connectivity index (χ0v) is 15.8. The molecule has 0 radical (unpaired) electrons. The summed E-state index contributed by atoms with van der Waals surface area (Å²) in [5.74, 6) is 0.00970. The van der Waals surface area contributed by atoms with Crippen molar-refractivity contribution in [2.45, 2.75) is 6.92 Å². The number of carbonyl (C=O) groups excluding carboxylic acids is 1. The van der Waals surface area contributed by atoms with E-state index in [9.17, 15) is 9.59 Å². The molecule has 29 heavy (non-hydrogen) atoms. The summed E-state index contributed by atoms with van der Waals surface area (Å²) < 4.78 is 16.7. The average Bonchev–Trinajstić information content (AvgIpc) is 2.76. The fraction of sp³-hybridized carbons (Fsp3) is 0.0870. The van der Waals surface area contributed by atoms with Gasteiger partial charge in [0.25, 0.3) is 0 Å². The van der Waals surface area contributed by atoms with E-state index in [1.165, 1.54) is 24.5 Å². The zero-order valence-electron chi connectivity index (χ0n) is 15.8. The van der Waals surface area contributed by atoms with E-state index in [1.54, 1.807) is 49.6 Å². The van der Waals surface area contributed by atoms with Crippen LogP contribution in [0.3, 0.4) is 0 Å². The smallest absolute Gasteiger partial charge is 0.343 e. The molecule has 2 aromatic carbocycles. The Balaban J connectivity index is 1.90. The van der Waals surface area contributed by atoms with Crippen molar-refractivity contribution in [2.24, 2.45) is 0 Å². The summed E-state index contributed by atoms with van der Waals surface area (Å²) in [5, 5.41) is 0.338. The lowest BCUT2D eigenvalue weighted by Gasteiger charge is -2.11. The van der Waals surface area contributed by atoms with Gasteiger partial charge in [-0.05, 0) is 61.0 Å². The summed E-state index contributed by atoms with van der Waals surface area (Å²) in [4.78, 5) is 29.6. The van der Waals surface area contributed by atoms with Crippen LogP contribution in [-0.2, 0) is 0 Å². The molecule has 0 bridgehead atoms. The first-order valence-electron chi connectivity index (χ1n) is 8.91. The molecule has 0 N–H and O–H groups in total. The summed E-state index contributed by atoms with van der Waals surface area (Å²) >= 11 is 0. The van der Waals surface area contributed by atoms with Gasteiger partial charge in [0.05, 0.1) is 18.1 Å². The maximum atomic E-state index is 13.1. The van der Waals surface area contributed by atoms with Gasteiger partial charge < -0.3 is 13.9 Å². The van der Waals surface area contributed by atoms with Crippen LogP contribution in [0.5, 0.6) is 11.5 Å². The maximum Gasteiger partial charge on any atom is 0.343 e. The lowest BCUT2D eigenvalue weighted by molar-refractivity contribution is 0.0731. The molecule has 0 saturated carbocycles. The van der Waals surface area contributed by atoms with Gasteiger partial charge in [-0.2, -0.15) is 0 Å². The van der Waals surface area contributed by atoms with E-state index in [0.29, 0.717) is 22.3 Å². The first kappa shape index (κ1) is 18.4. The quantitative estimate of drug-likeness (QED) is 0.483. The highest BCUT2D eigenvalue weighted by Crippen LogP contribution is 2.32. The normalized spacial score (nSPS) is 10.7. The van der Waals surface area contributed by atoms with Crippen molar-refractivity contribution in [3.8, 4) is 22.8 Å². The number of aryl methyl sites for hydroxylation is 1. The van der Waals surface area contributed by atoms with Gasteiger partial charge in [-0.15, -0.1) is 0 Å². The van der Waals surface area contributed by atoms with Gasteiger partial charge in [0.1, 0.15) is 11.3 Å². The lowest BCUT2D eigenvalue weighted by atomic mass is 10.1. The van der Waals surface area contributed by atoms with Gasteiger partial charge in [0, 0.05) is 18.0 Å². The Kier molecular flexibility index (Phi) is 4.83. The molecule has 0 aliphatic carbocycles. The van der Waals surface area contributed by atoms with Crippen LogP contribution in [0.25, 0.3) is 22.3 Å². The van der Waals surface area contributed by atoms with E-state index in [2.05, 4.69) is 4.98 Å². The molecule has 0 unspecified atom stereocenters. The zero-order chi connectivity index (χ0) is 20.4. The SMILES string of the molecule is COc1ccc(-c2oc3cc(C)ccc3c(=O)c2OC(=O)c2ccncc2)cc1. The highest BCUT2D eigenvalue weighted by molar-refractivity contribution is 5.92. The molecule has 0 amide bonds. The Hall–Kier alpha value is -3.93. The molecule has 0 atom stereocenters. The van der Waals surface area contributed by atoms with Crippen LogP contribution in [0.2, 0.25) is 0 Å². The molecular formula is C23H17NO5. The van der Waals surface area contributed by atoms with Crippen molar-refractivity contribution in [1.82, 2.24) is 4.98 Å². The van der Waals surface area contributed by atoms with Gasteiger partial charge in [-0.25, -0.2) is 4.79 Å². The van der Waals surface area contributed by atoms with Crippen LogP contribution in [0.1, 0.15) is 15.9 Å². The molecule has 0 saturated heterocycles. The van der Waals surface area contributed by atoms with Crippen LogP contribution in [-0.4, -0.2) is 18.1 Å². The topological polar surface area (TPSA) is 78.6 Å². The molecule has 4 rings (SSSR count). The summed E-state index contributed by atoms with van der Waals surface area (Å²) in [5.41, 5.74) is 1.82. The molecule has 0 aliphatic heterocycles. The number of rotatable bonds is 4. The van der Waals surface area contributed by atoms with Crippen LogP contribution >= 0.6 is 0 Å². The minimum absolute atomic E-state index is 0.159. The van der Waals surface area contributed by atoms with Gasteiger partial charge in [0.15, 0.2) is 5.76 Å².